The maximum atomic E-state index is 14.1. The number of fused-ring (bicyclic) bond motifs is 1. The predicted molar refractivity (Wildman–Crippen MR) is 115 cm³/mol. The second kappa shape index (κ2) is 7.70. The van der Waals surface area contributed by atoms with Crippen LogP contribution in [0.3, 0.4) is 0 Å². The summed E-state index contributed by atoms with van der Waals surface area (Å²) in [5.41, 5.74) is -0.257. The SMILES string of the molecule is Cc1c(S(=O)(=O)NC(=O)c2cn(C)c(-c3c(F)cccc3F)n2)sc2ccc(Cl)cc12. The average molecular weight is 482 g/mol. The molecule has 0 atom stereocenters. The van der Waals surface area contributed by atoms with Crippen molar-refractivity contribution in [3.05, 3.63) is 70.5 Å². The smallest absolute Gasteiger partial charge is 0.285 e. The highest BCUT2D eigenvalue weighted by Gasteiger charge is 2.27. The second-order valence-corrected chi connectivity index (χ2v) is 10.1. The molecule has 160 valence electrons. The summed E-state index contributed by atoms with van der Waals surface area (Å²) >= 11 is 6.99. The summed E-state index contributed by atoms with van der Waals surface area (Å²) in [7, 11) is -2.78. The summed E-state index contributed by atoms with van der Waals surface area (Å²) in [5.74, 6) is -2.87. The van der Waals surface area contributed by atoms with E-state index in [0.717, 1.165) is 23.5 Å². The molecule has 2 heterocycles. The van der Waals surface area contributed by atoms with Gasteiger partial charge in [-0.05, 0) is 48.2 Å². The quantitative estimate of drug-likeness (QED) is 0.459. The molecule has 6 nitrogen and oxygen atoms in total. The molecule has 2 aromatic carbocycles. The summed E-state index contributed by atoms with van der Waals surface area (Å²) in [6.07, 6.45) is 1.20. The topological polar surface area (TPSA) is 81.1 Å². The molecule has 4 rings (SSSR count). The third-order valence-electron chi connectivity index (χ3n) is 4.62. The minimum atomic E-state index is -4.22. The number of nitrogens with zero attached hydrogens (tertiary/aromatic N) is 2. The van der Waals surface area contributed by atoms with Gasteiger partial charge in [0.15, 0.2) is 0 Å². The molecule has 0 radical (unpaired) electrons. The molecular formula is C20H14ClF2N3O3S2. The van der Waals surface area contributed by atoms with Gasteiger partial charge in [0.05, 0.1) is 5.56 Å². The molecule has 11 heteroatoms. The number of sulfonamides is 1. The van der Waals surface area contributed by atoms with E-state index in [1.54, 1.807) is 25.1 Å². The highest BCUT2D eigenvalue weighted by molar-refractivity contribution is 7.92. The van der Waals surface area contributed by atoms with Crippen LogP contribution in [0.2, 0.25) is 5.02 Å². The summed E-state index contributed by atoms with van der Waals surface area (Å²) in [4.78, 5) is 16.6. The second-order valence-electron chi connectivity index (χ2n) is 6.75. The Morgan fingerprint density at radius 2 is 1.87 bits per heavy atom. The van der Waals surface area contributed by atoms with E-state index < -0.39 is 33.1 Å². The van der Waals surface area contributed by atoms with Crippen LogP contribution >= 0.6 is 22.9 Å². The first-order valence-corrected chi connectivity index (χ1v) is 11.5. The summed E-state index contributed by atoms with van der Waals surface area (Å²) in [5, 5.41) is 1.13. The van der Waals surface area contributed by atoms with Gasteiger partial charge in [0.1, 0.15) is 27.4 Å². The van der Waals surface area contributed by atoms with Crippen molar-refractivity contribution in [3.8, 4) is 11.4 Å². The number of rotatable bonds is 4. The van der Waals surface area contributed by atoms with E-state index in [4.69, 9.17) is 11.6 Å². The van der Waals surface area contributed by atoms with E-state index in [-0.39, 0.29) is 15.7 Å². The van der Waals surface area contributed by atoms with Crippen LogP contribution in [0.4, 0.5) is 8.78 Å². The third kappa shape index (κ3) is 3.82. The van der Waals surface area contributed by atoms with Crippen molar-refractivity contribution >= 4 is 49.0 Å². The van der Waals surface area contributed by atoms with Crippen LogP contribution in [0.25, 0.3) is 21.5 Å². The van der Waals surface area contributed by atoms with Crippen LogP contribution in [-0.2, 0) is 17.1 Å². The maximum Gasteiger partial charge on any atom is 0.285 e. The molecule has 1 N–H and O–H groups in total. The minimum absolute atomic E-state index is 0.0329. The fraction of sp³-hybridized carbons (Fsp3) is 0.100. The molecule has 4 aromatic rings. The van der Waals surface area contributed by atoms with Gasteiger partial charge in [0.25, 0.3) is 15.9 Å². The number of carbonyl (C=O) groups is 1. The van der Waals surface area contributed by atoms with Gasteiger partial charge in [0.2, 0.25) is 0 Å². The van der Waals surface area contributed by atoms with Gasteiger partial charge in [0, 0.05) is 23.0 Å². The summed E-state index contributed by atoms with van der Waals surface area (Å²) in [6, 6.07) is 8.33. The zero-order chi connectivity index (χ0) is 22.5. The van der Waals surface area contributed by atoms with E-state index in [0.29, 0.717) is 20.7 Å². The highest BCUT2D eigenvalue weighted by Crippen LogP contribution is 2.35. The lowest BCUT2D eigenvalue weighted by Crippen LogP contribution is -2.30. The number of aryl methyl sites for hydroxylation is 2. The van der Waals surface area contributed by atoms with Crippen LogP contribution in [0, 0.1) is 18.6 Å². The number of thiophene rings is 1. The molecule has 0 unspecified atom stereocenters. The monoisotopic (exact) mass is 481 g/mol. The van der Waals surface area contributed by atoms with Crippen LogP contribution in [0.1, 0.15) is 16.1 Å². The number of halogens is 3. The van der Waals surface area contributed by atoms with Crippen molar-refractivity contribution in [1.82, 2.24) is 14.3 Å². The number of imidazole rings is 1. The van der Waals surface area contributed by atoms with Gasteiger partial charge in [-0.2, -0.15) is 0 Å². The van der Waals surface area contributed by atoms with E-state index >= 15 is 0 Å². The Morgan fingerprint density at radius 1 is 1.19 bits per heavy atom. The molecule has 0 aliphatic heterocycles. The van der Waals surface area contributed by atoms with Crippen molar-refractivity contribution < 1.29 is 22.0 Å². The molecule has 0 fully saturated rings. The summed E-state index contributed by atoms with van der Waals surface area (Å²) in [6.45, 7) is 1.62. The van der Waals surface area contributed by atoms with E-state index in [1.807, 2.05) is 4.72 Å². The van der Waals surface area contributed by atoms with E-state index in [9.17, 15) is 22.0 Å². The zero-order valence-corrected chi connectivity index (χ0v) is 18.5. The minimum Gasteiger partial charge on any atom is -0.333 e. The van der Waals surface area contributed by atoms with Gasteiger partial charge in [-0.1, -0.05) is 17.7 Å². The van der Waals surface area contributed by atoms with Crippen molar-refractivity contribution in [2.75, 3.05) is 0 Å². The van der Waals surface area contributed by atoms with Crippen LogP contribution in [0.15, 0.2) is 46.8 Å². The van der Waals surface area contributed by atoms with Crippen LogP contribution in [0.5, 0.6) is 0 Å². The van der Waals surface area contributed by atoms with E-state index in [2.05, 4.69) is 4.98 Å². The molecule has 0 saturated heterocycles. The van der Waals surface area contributed by atoms with Crippen molar-refractivity contribution in [2.45, 2.75) is 11.1 Å². The Kier molecular flexibility index (Phi) is 5.32. The molecule has 0 aliphatic rings. The normalized spacial score (nSPS) is 11.8. The lowest BCUT2D eigenvalue weighted by Gasteiger charge is -2.05. The molecule has 0 aliphatic carbocycles. The lowest BCUT2D eigenvalue weighted by atomic mass is 10.2. The van der Waals surface area contributed by atoms with Crippen LogP contribution in [-0.4, -0.2) is 23.9 Å². The maximum absolute atomic E-state index is 14.1. The zero-order valence-electron chi connectivity index (χ0n) is 16.1. The largest absolute Gasteiger partial charge is 0.333 e. The van der Waals surface area contributed by atoms with Crippen LogP contribution < -0.4 is 4.72 Å². The van der Waals surface area contributed by atoms with Gasteiger partial charge in [-0.3, -0.25) is 4.79 Å². The Labute approximate surface area is 185 Å². The number of nitrogens with one attached hydrogen (secondary N) is 1. The number of hydrogen-bond acceptors (Lipinski definition) is 5. The Morgan fingerprint density at radius 3 is 2.55 bits per heavy atom. The predicted octanol–water partition coefficient (Wildman–Crippen LogP) is 4.66. The molecule has 31 heavy (non-hydrogen) atoms. The number of aromatic nitrogens is 2. The first kappa shape index (κ1) is 21.4. The van der Waals surface area contributed by atoms with Gasteiger partial charge < -0.3 is 4.57 Å². The first-order chi connectivity index (χ1) is 14.6. The molecule has 0 spiro atoms. The van der Waals surface area contributed by atoms with Crippen molar-refractivity contribution in [1.29, 1.82) is 0 Å². The Balaban J connectivity index is 1.68. The molecule has 2 aromatic heterocycles. The lowest BCUT2D eigenvalue weighted by molar-refractivity contribution is 0.0977. The Bertz CT molecular complexity index is 1440. The number of amides is 1. The summed E-state index contributed by atoms with van der Waals surface area (Å²) < 4.78 is 57.8. The third-order valence-corrected chi connectivity index (χ3v) is 8.08. The van der Waals surface area contributed by atoms with Crippen molar-refractivity contribution in [3.63, 3.8) is 0 Å². The number of benzene rings is 2. The fourth-order valence-electron chi connectivity index (χ4n) is 3.17. The first-order valence-electron chi connectivity index (χ1n) is 8.82. The highest BCUT2D eigenvalue weighted by atomic mass is 35.5. The standard InChI is InChI=1S/C20H14ClF2N3O3S2/c1-10-12-8-11(21)6-7-16(12)30-20(10)31(28,29)25-19(27)15-9-26(2)18(24-15)17-13(22)4-3-5-14(17)23/h3-9H,1-2H3,(H,25,27). The van der Waals surface area contributed by atoms with E-state index in [1.165, 1.54) is 23.9 Å². The Hall–Kier alpha value is -2.82. The molecule has 1 amide bonds. The van der Waals surface area contributed by atoms with Gasteiger partial charge >= 0.3 is 0 Å². The van der Waals surface area contributed by atoms with Gasteiger partial charge in [-0.15, -0.1) is 11.3 Å². The molecule has 0 bridgehead atoms. The number of hydrogen-bond donors (Lipinski definition) is 1. The molecule has 0 saturated carbocycles. The average Bonchev–Trinajstić information content (AvgIpc) is 3.23. The number of carbonyl (C=O) groups excluding carboxylic acids is 1. The molecular weight excluding hydrogens is 468 g/mol. The van der Waals surface area contributed by atoms with Gasteiger partial charge in [-0.25, -0.2) is 26.9 Å². The van der Waals surface area contributed by atoms with Crippen molar-refractivity contribution in [2.24, 2.45) is 7.05 Å². The fourth-order valence-corrected chi connectivity index (χ4v) is 6.05.